The zero-order valence-electron chi connectivity index (χ0n) is 15.7. The van der Waals surface area contributed by atoms with Crippen molar-refractivity contribution in [2.24, 2.45) is 0 Å². The minimum Gasteiger partial charge on any atom is -0.505 e. The molecule has 138 valence electrons. The zero-order valence-corrected chi connectivity index (χ0v) is 16.5. The van der Waals surface area contributed by atoms with Crippen molar-refractivity contribution in [3.63, 3.8) is 0 Å². The first kappa shape index (κ1) is 18.7. The lowest BCUT2D eigenvalue weighted by Gasteiger charge is -2.24. The second-order valence-electron chi connectivity index (χ2n) is 7.67. The van der Waals surface area contributed by atoms with Crippen LogP contribution in [-0.2, 0) is 10.2 Å². The molecule has 3 aromatic rings. The Hall–Kier alpha value is -2.11. The fourth-order valence-corrected chi connectivity index (χ4v) is 3.16. The van der Waals surface area contributed by atoms with Gasteiger partial charge in [0.2, 0.25) is 0 Å². The maximum atomic E-state index is 10.9. The summed E-state index contributed by atoms with van der Waals surface area (Å²) in [4.78, 5) is 1.48. The van der Waals surface area contributed by atoms with Crippen LogP contribution in [0.3, 0.4) is 0 Å². The topological polar surface area (TPSA) is 60.2 Å². The Morgan fingerprint density at radius 2 is 1.85 bits per heavy atom. The summed E-state index contributed by atoms with van der Waals surface area (Å²) >= 11 is 6.05. The highest BCUT2D eigenvalue weighted by Gasteiger charge is 2.24. The molecule has 1 atom stereocenters. The van der Waals surface area contributed by atoms with Gasteiger partial charge in [0.05, 0.1) is 6.61 Å². The van der Waals surface area contributed by atoms with Gasteiger partial charge < -0.3 is 9.84 Å². The summed E-state index contributed by atoms with van der Waals surface area (Å²) in [5.74, 6) is 0.372. The van der Waals surface area contributed by atoms with Crippen molar-refractivity contribution in [3.05, 3.63) is 46.5 Å². The highest BCUT2D eigenvalue weighted by molar-refractivity contribution is 6.31. The number of fused-ring (bicyclic) bond motifs is 1. The monoisotopic (exact) mass is 373 g/mol. The molecule has 0 saturated heterocycles. The smallest absolute Gasteiger partial charge is 0.146 e. The first-order valence-corrected chi connectivity index (χ1v) is 8.98. The number of ether oxygens (including phenoxy) is 1. The number of methoxy groups -OCH3 is 1. The van der Waals surface area contributed by atoms with E-state index in [9.17, 15) is 5.11 Å². The molecule has 3 rings (SSSR count). The third kappa shape index (κ3) is 3.55. The SMILES string of the molecule is COCC(C)c1cc(-n2nc3ccc(Cl)cc3n2)c(O)c(C(C)(C)C)c1. The number of hydrogen-bond acceptors (Lipinski definition) is 4. The molecule has 0 saturated carbocycles. The van der Waals surface area contributed by atoms with Crippen LogP contribution in [0.2, 0.25) is 5.02 Å². The lowest BCUT2D eigenvalue weighted by atomic mass is 9.83. The van der Waals surface area contributed by atoms with E-state index in [1.165, 1.54) is 4.80 Å². The summed E-state index contributed by atoms with van der Waals surface area (Å²) in [7, 11) is 1.69. The van der Waals surface area contributed by atoms with Gasteiger partial charge in [0.15, 0.2) is 0 Å². The van der Waals surface area contributed by atoms with Gasteiger partial charge in [-0.3, -0.25) is 0 Å². The molecule has 1 aromatic heterocycles. The predicted molar refractivity (Wildman–Crippen MR) is 105 cm³/mol. The summed E-state index contributed by atoms with van der Waals surface area (Å²) < 4.78 is 5.31. The number of phenolic OH excluding ortho intramolecular Hbond substituents is 1. The molecular formula is C20H24ClN3O2. The van der Waals surface area contributed by atoms with Crippen LogP contribution in [-0.4, -0.2) is 33.8 Å². The van der Waals surface area contributed by atoms with Gasteiger partial charge in [-0.05, 0) is 35.2 Å². The largest absolute Gasteiger partial charge is 0.505 e. The fraction of sp³-hybridized carbons (Fsp3) is 0.400. The van der Waals surface area contributed by atoms with Crippen molar-refractivity contribution in [2.75, 3.05) is 13.7 Å². The maximum Gasteiger partial charge on any atom is 0.146 e. The number of nitrogens with zero attached hydrogens (tertiary/aromatic N) is 3. The average Bonchev–Trinajstić information content (AvgIpc) is 2.96. The van der Waals surface area contributed by atoms with Gasteiger partial charge >= 0.3 is 0 Å². The van der Waals surface area contributed by atoms with Gasteiger partial charge in [-0.2, -0.15) is 0 Å². The highest BCUT2D eigenvalue weighted by Crippen LogP contribution is 2.38. The molecule has 2 aromatic carbocycles. The third-order valence-corrected chi connectivity index (χ3v) is 4.70. The number of hydrogen-bond donors (Lipinski definition) is 1. The van der Waals surface area contributed by atoms with Crippen LogP contribution in [0.1, 0.15) is 44.7 Å². The van der Waals surface area contributed by atoms with Crippen molar-refractivity contribution < 1.29 is 9.84 Å². The van der Waals surface area contributed by atoms with Crippen LogP contribution in [0.25, 0.3) is 16.7 Å². The third-order valence-electron chi connectivity index (χ3n) is 4.46. The van der Waals surface area contributed by atoms with E-state index >= 15 is 0 Å². The van der Waals surface area contributed by atoms with E-state index in [2.05, 4.69) is 37.9 Å². The van der Waals surface area contributed by atoms with Crippen molar-refractivity contribution in [1.82, 2.24) is 15.0 Å². The second kappa shape index (κ2) is 6.89. The van der Waals surface area contributed by atoms with E-state index in [4.69, 9.17) is 16.3 Å². The molecule has 0 bridgehead atoms. The maximum absolute atomic E-state index is 10.9. The number of halogens is 1. The van der Waals surface area contributed by atoms with Crippen molar-refractivity contribution in [2.45, 2.75) is 39.0 Å². The highest BCUT2D eigenvalue weighted by atomic mass is 35.5. The van der Waals surface area contributed by atoms with E-state index in [-0.39, 0.29) is 17.1 Å². The average molecular weight is 374 g/mol. The lowest BCUT2D eigenvalue weighted by molar-refractivity contribution is 0.184. The Morgan fingerprint density at radius 3 is 2.50 bits per heavy atom. The predicted octanol–water partition coefficient (Wildman–Crippen LogP) is 4.83. The Kier molecular flexibility index (Phi) is 4.95. The summed E-state index contributed by atoms with van der Waals surface area (Å²) in [5.41, 5.74) is 3.67. The standard InChI is InChI=1S/C20H24ClN3O2/c1-12(11-26-5)13-8-15(20(2,3)4)19(25)18(9-13)24-22-16-7-6-14(21)10-17(16)23-24/h6-10,12,25H,11H2,1-5H3. The fourth-order valence-electron chi connectivity index (χ4n) is 2.99. The molecule has 1 N–H and O–H groups in total. The summed E-state index contributed by atoms with van der Waals surface area (Å²) in [5, 5.41) is 20.6. The Morgan fingerprint density at radius 1 is 1.15 bits per heavy atom. The summed E-state index contributed by atoms with van der Waals surface area (Å²) in [6, 6.07) is 9.33. The van der Waals surface area contributed by atoms with Crippen LogP contribution in [0, 0.1) is 0 Å². The molecule has 1 heterocycles. The van der Waals surface area contributed by atoms with E-state index in [1.807, 2.05) is 18.2 Å². The van der Waals surface area contributed by atoms with Gasteiger partial charge in [0, 0.05) is 23.6 Å². The van der Waals surface area contributed by atoms with Crippen LogP contribution < -0.4 is 0 Å². The van der Waals surface area contributed by atoms with Gasteiger partial charge in [-0.25, -0.2) is 0 Å². The van der Waals surface area contributed by atoms with Crippen LogP contribution in [0.4, 0.5) is 0 Å². The minimum absolute atomic E-state index is 0.180. The van der Waals surface area contributed by atoms with E-state index in [0.717, 1.165) is 16.6 Å². The molecular weight excluding hydrogens is 350 g/mol. The molecule has 0 fully saturated rings. The normalized spacial score (nSPS) is 13.3. The number of aromatic nitrogens is 3. The van der Waals surface area contributed by atoms with Gasteiger partial charge in [0.1, 0.15) is 22.5 Å². The lowest BCUT2D eigenvalue weighted by Crippen LogP contribution is -2.15. The first-order valence-electron chi connectivity index (χ1n) is 8.60. The van der Waals surface area contributed by atoms with Crippen LogP contribution in [0.15, 0.2) is 30.3 Å². The quantitative estimate of drug-likeness (QED) is 0.711. The molecule has 0 radical (unpaired) electrons. The number of aromatic hydroxyl groups is 1. The zero-order chi connectivity index (χ0) is 19.1. The number of benzene rings is 2. The second-order valence-corrected chi connectivity index (χ2v) is 8.10. The summed E-state index contributed by atoms with van der Waals surface area (Å²) in [6.45, 7) is 8.91. The van der Waals surface area contributed by atoms with Crippen LogP contribution in [0.5, 0.6) is 5.75 Å². The van der Waals surface area contributed by atoms with E-state index < -0.39 is 0 Å². The molecule has 1 unspecified atom stereocenters. The molecule has 0 spiro atoms. The summed E-state index contributed by atoms with van der Waals surface area (Å²) in [6.07, 6.45) is 0. The number of rotatable bonds is 4. The van der Waals surface area contributed by atoms with Crippen molar-refractivity contribution in [3.8, 4) is 11.4 Å². The first-order chi connectivity index (χ1) is 12.2. The number of phenols is 1. The van der Waals surface area contributed by atoms with Gasteiger partial charge in [-0.15, -0.1) is 15.0 Å². The molecule has 5 nitrogen and oxygen atoms in total. The molecule has 6 heteroatoms. The molecule has 0 amide bonds. The van der Waals surface area contributed by atoms with E-state index in [0.29, 0.717) is 22.8 Å². The molecule has 26 heavy (non-hydrogen) atoms. The Balaban J connectivity index is 2.22. The van der Waals surface area contributed by atoms with Gasteiger partial charge in [-0.1, -0.05) is 45.4 Å². The van der Waals surface area contributed by atoms with Gasteiger partial charge in [0.25, 0.3) is 0 Å². The van der Waals surface area contributed by atoms with Crippen molar-refractivity contribution in [1.29, 1.82) is 0 Å². The van der Waals surface area contributed by atoms with Crippen molar-refractivity contribution >= 4 is 22.6 Å². The molecule has 0 aliphatic heterocycles. The van der Waals surface area contributed by atoms with E-state index in [1.54, 1.807) is 19.2 Å². The molecule has 0 aliphatic rings. The Bertz CT molecular complexity index is 944. The minimum atomic E-state index is -0.225. The Labute approximate surface area is 158 Å². The molecule has 0 aliphatic carbocycles. The van der Waals surface area contributed by atoms with Crippen LogP contribution >= 0.6 is 11.6 Å².